The predicted octanol–water partition coefficient (Wildman–Crippen LogP) is 3.51. The van der Waals surface area contributed by atoms with Crippen LogP contribution in [0.5, 0.6) is 5.75 Å². The molecule has 1 heterocycles. The fourth-order valence-corrected chi connectivity index (χ4v) is 2.32. The number of nitrogens with one attached hydrogen (secondary N) is 1. The number of halogens is 2. The molecule has 1 aromatic heterocycles. The minimum atomic E-state index is -0.991. The maximum atomic E-state index is 12.1. The Labute approximate surface area is 155 Å². The molecular formula is C17H16Cl2N2O4. The molecule has 25 heavy (non-hydrogen) atoms. The number of nitrogens with zero attached hydrogens (tertiary/aromatic N) is 1. The molecule has 1 amide bonds. The van der Waals surface area contributed by atoms with Gasteiger partial charge in [0, 0.05) is 16.8 Å². The number of amides is 1. The highest BCUT2D eigenvalue weighted by atomic mass is 35.5. The molecule has 0 aliphatic rings. The Morgan fingerprint density at radius 2 is 1.92 bits per heavy atom. The van der Waals surface area contributed by atoms with E-state index in [2.05, 4.69) is 10.3 Å². The lowest BCUT2D eigenvalue weighted by molar-refractivity contribution is -0.152. The normalized spacial score (nSPS) is 11.5. The SMILES string of the molecule is COc1ccc(Cl)cc1CC(=O)O[C@@H](C)C(=O)Nc1ccc(Cl)cn1. The Bertz CT molecular complexity index is 766. The fraction of sp³-hybridized carbons (Fsp3) is 0.235. The Kier molecular flexibility index (Phi) is 6.61. The van der Waals surface area contributed by atoms with Gasteiger partial charge in [-0.2, -0.15) is 0 Å². The van der Waals surface area contributed by atoms with Crippen LogP contribution in [0.25, 0.3) is 0 Å². The van der Waals surface area contributed by atoms with E-state index in [4.69, 9.17) is 32.7 Å². The highest BCUT2D eigenvalue weighted by Gasteiger charge is 2.19. The van der Waals surface area contributed by atoms with Crippen LogP contribution >= 0.6 is 23.2 Å². The van der Waals surface area contributed by atoms with Crippen LogP contribution in [-0.2, 0) is 20.7 Å². The Hall–Kier alpha value is -2.31. The summed E-state index contributed by atoms with van der Waals surface area (Å²) in [5.74, 6) is -0.244. The van der Waals surface area contributed by atoms with Crippen LogP contribution in [0.4, 0.5) is 5.82 Å². The molecule has 0 fully saturated rings. The lowest BCUT2D eigenvalue weighted by atomic mass is 10.1. The molecular weight excluding hydrogens is 367 g/mol. The molecule has 2 rings (SSSR count). The van der Waals surface area contributed by atoms with E-state index in [1.54, 1.807) is 30.3 Å². The average molecular weight is 383 g/mol. The summed E-state index contributed by atoms with van der Waals surface area (Å²) in [4.78, 5) is 28.1. The smallest absolute Gasteiger partial charge is 0.311 e. The van der Waals surface area contributed by atoms with E-state index in [-0.39, 0.29) is 6.42 Å². The van der Waals surface area contributed by atoms with Crippen molar-refractivity contribution < 1.29 is 19.1 Å². The molecule has 1 N–H and O–H groups in total. The standard InChI is InChI=1S/C17H16Cl2N2O4/c1-10(17(23)21-15-6-4-13(19)9-20-15)25-16(22)8-11-7-12(18)3-5-14(11)24-2/h3-7,9-10H,8H2,1-2H3,(H,20,21,23)/t10-/m0/s1. The van der Waals surface area contributed by atoms with E-state index in [1.165, 1.54) is 20.2 Å². The van der Waals surface area contributed by atoms with E-state index < -0.39 is 18.0 Å². The van der Waals surface area contributed by atoms with Gasteiger partial charge in [-0.3, -0.25) is 9.59 Å². The number of esters is 1. The molecule has 0 bridgehead atoms. The monoisotopic (exact) mass is 382 g/mol. The molecule has 2 aromatic rings. The van der Waals surface area contributed by atoms with Gasteiger partial charge >= 0.3 is 5.97 Å². The summed E-state index contributed by atoms with van der Waals surface area (Å²) in [7, 11) is 1.49. The molecule has 1 aromatic carbocycles. The Morgan fingerprint density at radius 3 is 2.56 bits per heavy atom. The summed E-state index contributed by atoms with van der Waals surface area (Å²) in [6.45, 7) is 1.47. The van der Waals surface area contributed by atoms with Crippen molar-refractivity contribution in [2.24, 2.45) is 0 Å². The summed E-state index contributed by atoms with van der Waals surface area (Å²) < 4.78 is 10.3. The second kappa shape index (κ2) is 8.69. The minimum Gasteiger partial charge on any atom is -0.496 e. The van der Waals surface area contributed by atoms with Crippen molar-refractivity contribution in [3.05, 3.63) is 52.1 Å². The van der Waals surface area contributed by atoms with Crippen LogP contribution in [-0.4, -0.2) is 30.1 Å². The third-order valence-electron chi connectivity index (χ3n) is 3.23. The summed E-state index contributed by atoms with van der Waals surface area (Å²) in [6, 6.07) is 8.07. The number of anilines is 1. The molecule has 0 aliphatic carbocycles. The second-order valence-electron chi connectivity index (χ2n) is 5.12. The van der Waals surface area contributed by atoms with E-state index >= 15 is 0 Å². The van der Waals surface area contributed by atoms with Gasteiger partial charge in [0.1, 0.15) is 11.6 Å². The van der Waals surface area contributed by atoms with Crippen LogP contribution < -0.4 is 10.1 Å². The van der Waals surface area contributed by atoms with Crippen molar-refractivity contribution in [3.8, 4) is 5.75 Å². The van der Waals surface area contributed by atoms with Crippen LogP contribution in [0.3, 0.4) is 0 Å². The van der Waals surface area contributed by atoms with Gasteiger partial charge in [0.2, 0.25) is 0 Å². The second-order valence-corrected chi connectivity index (χ2v) is 5.99. The quantitative estimate of drug-likeness (QED) is 0.773. The van der Waals surface area contributed by atoms with Gasteiger partial charge in [-0.1, -0.05) is 23.2 Å². The molecule has 1 atom stereocenters. The number of rotatable bonds is 6. The highest BCUT2D eigenvalue weighted by Crippen LogP contribution is 2.23. The topological polar surface area (TPSA) is 77.5 Å². The Morgan fingerprint density at radius 1 is 1.20 bits per heavy atom. The van der Waals surface area contributed by atoms with Gasteiger partial charge in [0.05, 0.1) is 18.6 Å². The zero-order valence-electron chi connectivity index (χ0n) is 13.6. The first-order chi connectivity index (χ1) is 11.9. The van der Waals surface area contributed by atoms with Crippen LogP contribution in [0.15, 0.2) is 36.5 Å². The first-order valence-electron chi connectivity index (χ1n) is 7.33. The molecule has 0 aliphatic heterocycles. The minimum absolute atomic E-state index is 0.0689. The van der Waals surface area contributed by atoms with Gasteiger partial charge < -0.3 is 14.8 Å². The first-order valence-corrected chi connectivity index (χ1v) is 8.09. The van der Waals surface area contributed by atoms with Crippen LogP contribution in [0, 0.1) is 0 Å². The molecule has 8 heteroatoms. The zero-order valence-corrected chi connectivity index (χ0v) is 15.1. The van der Waals surface area contributed by atoms with Crippen LogP contribution in [0.1, 0.15) is 12.5 Å². The van der Waals surface area contributed by atoms with Crippen molar-refractivity contribution in [1.29, 1.82) is 0 Å². The molecule has 0 unspecified atom stereocenters. The van der Waals surface area contributed by atoms with Crippen molar-refractivity contribution >= 4 is 40.9 Å². The van der Waals surface area contributed by atoms with E-state index in [0.29, 0.717) is 27.2 Å². The number of aromatic nitrogens is 1. The predicted molar refractivity (Wildman–Crippen MR) is 95.1 cm³/mol. The summed E-state index contributed by atoms with van der Waals surface area (Å²) >= 11 is 11.7. The molecule has 0 saturated carbocycles. The fourth-order valence-electron chi connectivity index (χ4n) is 2.01. The Balaban J connectivity index is 1.94. The zero-order chi connectivity index (χ0) is 18.4. The molecule has 6 nitrogen and oxygen atoms in total. The average Bonchev–Trinajstić information content (AvgIpc) is 2.57. The maximum Gasteiger partial charge on any atom is 0.311 e. The lowest BCUT2D eigenvalue weighted by Crippen LogP contribution is -2.30. The van der Waals surface area contributed by atoms with Gasteiger partial charge in [-0.25, -0.2) is 4.98 Å². The van der Waals surface area contributed by atoms with Crippen molar-refractivity contribution in [3.63, 3.8) is 0 Å². The molecule has 0 radical (unpaired) electrons. The maximum absolute atomic E-state index is 12.1. The number of hydrogen-bond acceptors (Lipinski definition) is 5. The van der Waals surface area contributed by atoms with E-state index in [9.17, 15) is 9.59 Å². The number of ether oxygens (including phenoxy) is 2. The number of carbonyl (C=O) groups is 2. The molecule has 132 valence electrons. The van der Waals surface area contributed by atoms with Crippen molar-refractivity contribution in [1.82, 2.24) is 4.98 Å². The van der Waals surface area contributed by atoms with Gasteiger partial charge in [-0.15, -0.1) is 0 Å². The van der Waals surface area contributed by atoms with Crippen LogP contribution in [0.2, 0.25) is 10.0 Å². The number of benzene rings is 1. The number of hydrogen-bond donors (Lipinski definition) is 1. The largest absolute Gasteiger partial charge is 0.496 e. The van der Waals surface area contributed by atoms with E-state index in [1.807, 2.05) is 0 Å². The summed E-state index contributed by atoms with van der Waals surface area (Å²) in [6.07, 6.45) is 0.343. The first kappa shape index (κ1) is 19.0. The summed E-state index contributed by atoms with van der Waals surface area (Å²) in [5, 5.41) is 3.47. The third kappa shape index (κ3) is 5.62. The molecule has 0 spiro atoms. The molecule has 0 saturated heterocycles. The lowest BCUT2D eigenvalue weighted by Gasteiger charge is -2.14. The number of pyridine rings is 1. The van der Waals surface area contributed by atoms with Gasteiger partial charge in [-0.05, 0) is 37.3 Å². The number of methoxy groups -OCH3 is 1. The highest BCUT2D eigenvalue weighted by molar-refractivity contribution is 6.30. The van der Waals surface area contributed by atoms with Gasteiger partial charge in [0.25, 0.3) is 5.91 Å². The van der Waals surface area contributed by atoms with E-state index in [0.717, 1.165) is 0 Å². The third-order valence-corrected chi connectivity index (χ3v) is 3.69. The van der Waals surface area contributed by atoms with Crippen molar-refractivity contribution in [2.45, 2.75) is 19.4 Å². The van der Waals surface area contributed by atoms with Gasteiger partial charge in [0.15, 0.2) is 6.10 Å². The summed E-state index contributed by atoms with van der Waals surface area (Å²) in [5.41, 5.74) is 0.576. The van der Waals surface area contributed by atoms with Crippen molar-refractivity contribution in [2.75, 3.05) is 12.4 Å². The number of carbonyl (C=O) groups excluding carboxylic acids is 2.